The summed E-state index contributed by atoms with van der Waals surface area (Å²) in [6, 6.07) is 7.75. The Labute approximate surface area is 200 Å². The van der Waals surface area contributed by atoms with E-state index in [0.29, 0.717) is 38.9 Å². The lowest BCUT2D eigenvalue weighted by atomic mass is 9.98. The van der Waals surface area contributed by atoms with Crippen LogP contribution in [0.1, 0.15) is 27.7 Å². The number of halogens is 1. The Hall–Kier alpha value is -3.37. The normalized spacial score (nSPS) is 15.1. The van der Waals surface area contributed by atoms with Crippen molar-refractivity contribution in [3.63, 3.8) is 0 Å². The van der Waals surface area contributed by atoms with Crippen LogP contribution in [-0.4, -0.2) is 32.2 Å². The maximum Gasteiger partial charge on any atom is 0.297 e. The van der Waals surface area contributed by atoms with Gasteiger partial charge in [0.05, 0.1) is 38.3 Å². The number of amides is 1. The third-order valence-corrected chi connectivity index (χ3v) is 6.72. The Balaban J connectivity index is 1.84. The molecule has 0 bridgehead atoms. The van der Waals surface area contributed by atoms with E-state index >= 15 is 0 Å². The van der Waals surface area contributed by atoms with E-state index in [-0.39, 0.29) is 16.8 Å². The molecule has 0 fully saturated rings. The Morgan fingerprint density at radius 3 is 2.39 bits per heavy atom. The van der Waals surface area contributed by atoms with E-state index in [0.717, 1.165) is 4.47 Å². The van der Waals surface area contributed by atoms with Crippen molar-refractivity contribution in [2.75, 3.05) is 26.2 Å². The van der Waals surface area contributed by atoms with Crippen molar-refractivity contribution in [3.05, 3.63) is 73.5 Å². The fourth-order valence-corrected chi connectivity index (χ4v) is 5.08. The average Bonchev–Trinajstić information content (AvgIpc) is 3.45. The highest BCUT2D eigenvalue weighted by Crippen LogP contribution is 2.46. The molecule has 2 aromatic heterocycles. The van der Waals surface area contributed by atoms with E-state index in [1.54, 1.807) is 41.9 Å². The number of hydrogen-bond acceptors (Lipinski definition) is 8. The zero-order chi connectivity index (χ0) is 23.3. The van der Waals surface area contributed by atoms with E-state index in [9.17, 15) is 9.59 Å². The summed E-state index contributed by atoms with van der Waals surface area (Å²) in [7, 11) is 4.52. The van der Waals surface area contributed by atoms with E-state index in [1.807, 2.05) is 0 Å². The first-order valence-corrected chi connectivity index (χ1v) is 11.4. The summed E-state index contributed by atoms with van der Waals surface area (Å²) >= 11 is 4.69. The highest BCUT2D eigenvalue weighted by atomic mass is 79.9. The molecule has 1 atom stereocenters. The molecule has 1 aliphatic rings. The van der Waals surface area contributed by atoms with Crippen molar-refractivity contribution < 1.29 is 23.4 Å². The summed E-state index contributed by atoms with van der Waals surface area (Å²) in [6.45, 7) is 0. The fraction of sp³-hybridized carbons (Fsp3) is 0.174. The molecule has 33 heavy (non-hydrogen) atoms. The summed E-state index contributed by atoms with van der Waals surface area (Å²) < 4.78 is 23.1. The van der Waals surface area contributed by atoms with Gasteiger partial charge in [0.25, 0.3) is 5.91 Å². The van der Waals surface area contributed by atoms with Gasteiger partial charge >= 0.3 is 0 Å². The minimum atomic E-state index is -0.799. The lowest BCUT2D eigenvalue weighted by Gasteiger charge is -2.24. The van der Waals surface area contributed by atoms with Crippen LogP contribution in [0.25, 0.3) is 11.0 Å². The van der Waals surface area contributed by atoms with Crippen LogP contribution in [-0.2, 0) is 0 Å². The van der Waals surface area contributed by atoms with Crippen LogP contribution in [0.2, 0.25) is 0 Å². The molecule has 8 nitrogen and oxygen atoms in total. The summed E-state index contributed by atoms with van der Waals surface area (Å²) in [5.41, 5.74) is 0.863. The molecule has 2 aromatic carbocycles. The number of fused-ring (bicyclic) bond motifs is 2. The Morgan fingerprint density at radius 1 is 1.06 bits per heavy atom. The maximum atomic E-state index is 13.7. The highest BCUT2D eigenvalue weighted by Gasteiger charge is 2.45. The number of thiazole rings is 1. The number of carbonyl (C=O) groups is 1. The first-order valence-electron chi connectivity index (χ1n) is 9.77. The molecule has 10 heteroatoms. The van der Waals surface area contributed by atoms with Gasteiger partial charge in [-0.05, 0) is 35.9 Å². The molecule has 168 valence electrons. The summed E-state index contributed by atoms with van der Waals surface area (Å²) in [6.07, 6.45) is 1.60. The second-order valence-corrected chi connectivity index (χ2v) is 8.95. The Morgan fingerprint density at radius 2 is 1.79 bits per heavy atom. The van der Waals surface area contributed by atoms with Crippen molar-refractivity contribution in [2.24, 2.45) is 0 Å². The number of aromatic nitrogens is 1. The molecule has 1 amide bonds. The van der Waals surface area contributed by atoms with Crippen molar-refractivity contribution in [2.45, 2.75) is 6.04 Å². The van der Waals surface area contributed by atoms with Crippen LogP contribution in [0.3, 0.4) is 0 Å². The molecule has 1 aliphatic heterocycles. The third kappa shape index (κ3) is 3.28. The van der Waals surface area contributed by atoms with E-state index < -0.39 is 11.9 Å². The van der Waals surface area contributed by atoms with Crippen LogP contribution in [0.4, 0.5) is 5.13 Å². The van der Waals surface area contributed by atoms with Crippen molar-refractivity contribution in [1.29, 1.82) is 0 Å². The van der Waals surface area contributed by atoms with Crippen LogP contribution >= 0.6 is 27.3 Å². The maximum absolute atomic E-state index is 13.7. The van der Waals surface area contributed by atoms with Crippen LogP contribution in [0.5, 0.6) is 17.2 Å². The van der Waals surface area contributed by atoms with Gasteiger partial charge in [0.1, 0.15) is 5.58 Å². The average molecular weight is 529 g/mol. The van der Waals surface area contributed by atoms with Crippen molar-refractivity contribution in [3.8, 4) is 17.2 Å². The molecule has 4 aromatic rings. The second-order valence-electron chi connectivity index (χ2n) is 7.17. The van der Waals surface area contributed by atoms with Crippen molar-refractivity contribution in [1.82, 2.24) is 4.98 Å². The monoisotopic (exact) mass is 528 g/mol. The van der Waals surface area contributed by atoms with Gasteiger partial charge in [-0.1, -0.05) is 15.9 Å². The summed E-state index contributed by atoms with van der Waals surface area (Å²) in [5, 5.41) is 2.57. The molecule has 0 saturated carbocycles. The van der Waals surface area contributed by atoms with Gasteiger partial charge < -0.3 is 18.6 Å². The number of rotatable bonds is 5. The van der Waals surface area contributed by atoms with Gasteiger partial charge in [-0.2, -0.15) is 0 Å². The Kier molecular flexibility index (Phi) is 5.34. The molecular weight excluding hydrogens is 512 g/mol. The van der Waals surface area contributed by atoms with Gasteiger partial charge in [-0.3, -0.25) is 14.5 Å². The largest absolute Gasteiger partial charge is 0.493 e. The van der Waals surface area contributed by atoms with E-state index in [4.69, 9.17) is 18.6 Å². The van der Waals surface area contributed by atoms with Gasteiger partial charge in [0.2, 0.25) is 11.5 Å². The fourth-order valence-electron chi connectivity index (χ4n) is 4.05. The number of methoxy groups -OCH3 is 3. The molecule has 0 unspecified atom stereocenters. The summed E-state index contributed by atoms with van der Waals surface area (Å²) in [4.78, 5) is 33.0. The lowest BCUT2D eigenvalue weighted by molar-refractivity contribution is 0.0971. The van der Waals surface area contributed by atoms with Crippen LogP contribution in [0.15, 0.2) is 55.6 Å². The number of hydrogen-bond donors (Lipinski definition) is 0. The molecule has 5 rings (SSSR count). The molecule has 3 heterocycles. The molecule has 0 N–H and O–H groups in total. The number of anilines is 1. The quantitative estimate of drug-likeness (QED) is 0.367. The van der Waals surface area contributed by atoms with Crippen molar-refractivity contribution >= 4 is 49.3 Å². The molecular formula is C23H17BrN2O6S. The predicted octanol–water partition coefficient (Wildman–Crippen LogP) is 4.79. The molecule has 0 saturated heterocycles. The van der Waals surface area contributed by atoms with E-state index in [1.165, 1.54) is 37.6 Å². The smallest absolute Gasteiger partial charge is 0.297 e. The SMILES string of the molecule is COc1cc([C@H]2c3c(oc4ccc(Br)cc4c3=O)C(=O)N2c2nccs2)cc(OC)c1OC. The number of carbonyl (C=O) groups excluding carboxylic acids is 1. The number of benzene rings is 2. The third-order valence-electron chi connectivity index (χ3n) is 5.46. The summed E-state index contributed by atoms with van der Waals surface area (Å²) in [5.74, 6) is 0.757. The van der Waals surface area contributed by atoms with Crippen LogP contribution < -0.4 is 24.5 Å². The Bertz CT molecular complexity index is 1420. The zero-order valence-corrected chi connectivity index (χ0v) is 20.2. The molecule has 0 aliphatic carbocycles. The topological polar surface area (TPSA) is 91.1 Å². The van der Waals surface area contributed by atoms with E-state index in [2.05, 4.69) is 20.9 Å². The first-order chi connectivity index (χ1) is 16.0. The van der Waals surface area contributed by atoms with Gasteiger partial charge in [-0.25, -0.2) is 4.98 Å². The number of nitrogens with zero attached hydrogens (tertiary/aromatic N) is 2. The zero-order valence-electron chi connectivity index (χ0n) is 17.7. The van der Waals surface area contributed by atoms with Gasteiger partial charge in [0, 0.05) is 16.0 Å². The first kappa shape index (κ1) is 21.5. The predicted molar refractivity (Wildman–Crippen MR) is 127 cm³/mol. The second kappa shape index (κ2) is 8.20. The van der Waals surface area contributed by atoms with Gasteiger partial charge in [0.15, 0.2) is 22.1 Å². The van der Waals surface area contributed by atoms with Gasteiger partial charge in [-0.15, -0.1) is 11.3 Å². The lowest BCUT2D eigenvalue weighted by Crippen LogP contribution is -2.29. The highest BCUT2D eigenvalue weighted by molar-refractivity contribution is 9.10. The number of ether oxygens (including phenoxy) is 3. The molecule has 0 spiro atoms. The van der Waals surface area contributed by atoms with Crippen LogP contribution in [0, 0.1) is 0 Å². The minimum absolute atomic E-state index is 0.0104. The standard InChI is InChI=1S/C23H17BrN2O6S/c1-29-15-8-11(9-16(30-2)20(15)31-3)18-17-19(27)13-10-12(24)4-5-14(13)32-21(17)22(28)26(18)23-25-6-7-33-23/h4-10,18H,1-3H3/t18-/m0/s1. The molecule has 0 radical (unpaired) electrons. The minimum Gasteiger partial charge on any atom is -0.493 e.